The summed E-state index contributed by atoms with van der Waals surface area (Å²) < 4.78 is 6.02. The first kappa shape index (κ1) is 18.5. The van der Waals surface area contributed by atoms with E-state index in [9.17, 15) is 10.2 Å². The molecule has 0 saturated heterocycles. The Kier molecular flexibility index (Phi) is 5.80. The van der Waals surface area contributed by atoms with Crippen molar-refractivity contribution >= 4 is 0 Å². The fourth-order valence-electron chi connectivity index (χ4n) is 4.57. The second-order valence-corrected chi connectivity index (χ2v) is 8.25. The highest BCUT2D eigenvalue weighted by Gasteiger charge is 2.21. The van der Waals surface area contributed by atoms with E-state index in [1.807, 2.05) is 0 Å². The normalized spacial score (nSPS) is 28.7. The van der Waals surface area contributed by atoms with Crippen molar-refractivity contribution in [3.05, 3.63) is 59.7 Å². The first-order valence-corrected chi connectivity index (χ1v) is 10.4. The molecule has 4 rings (SSSR count). The quantitative estimate of drug-likeness (QED) is 0.749. The lowest BCUT2D eigenvalue weighted by Crippen LogP contribution is -2.16. The zero-order valence-corrected chi connectivity index (χ0v) is 15.9. The molecule has 0 radical (unpaired) electrons. The van der Waals surface area contributed by atoms with Crippen LogP contribution in [-0.2, 0) is 0 Å². The first-order valence-electron chi connectivity index (χ1n) is 10.4. The molecule has 3 nitrogen and oxygen atoms in total. The van der Waals surface area contributed by atoms with Crippen LogP contribution in [0, 0.1) is 0 Å². The summed E-state index contributed by atoms with van der Waals surface area (Å²) in [7, 11) is 0. The summed E-state index contributed by atoms with van der Waals surface area (Å²) in [5, 5.41) is 19.3. The van der Waals surface area contributed by atoms with Gasteiger partial charge in [-0.1, -0.05) is 24.3 Å². The van der Waals surface area contributed by atoms with Gasteiger partial charge in [0.25, 0.3) is 0 Å². The van der Waals surface area contributed by atoms with Crippen LogP contribution in [0.4, 0.5) is 0 Å². The Labute approximate surface area is 162 Å². The van der Waals surface area contributed by atoms with Gasteiger partial charge in [0.15, 0.2) is 0 Å². The Bertz CT molecular complexity index is 643. The molecule has 2 aromatic carbocycles. The molecule has 0 aliphatic heterocycles. The zero-order valence-electron chi connectivity index (χ0n) is 15.9. The number of benzene rings is 2. The van der Waals surface area contributed by atoms with Crippen LogP contribution in [0.1, 0.15) is 74.3 Å². The molecule has 0 spiro atoms. The molecule has 0 unspecified atom stereocenters. The number of aliphatic hydroxyl groups is 2. The fraction of sp³-hybridized carbons (Fsp3) is 0.500. The summed E-state index contributed by atoms with van der Waals surface area (Å²) in [6.07, 6.45) is 7.72. The summed E-state index contributed by atoms with van der Waals surface area (Å²) >= 11 is 0. The van der Waals surface area contributed by atoms with E-state index >= 15 is 0 Å². The zero-order chi connectivity index (χ0) is 18.6. The molecule has 3 heteroatoms. The van der Waals surface area contributed by atoms with E-state index in [1.165, 1.54) is 11.1 Å². The molecule has 0 heterocycles. The van der Waals surface area contributed by atoms with Crippen LogP contribution in [0.25, 0.3) is 0 Å². The van der Waals surface area contributed by atoms with E-state index in [2.05, 4.69) is 48.5 Å². The highest BCUT2D eigenvalue weighted by Crippen LogP contribution is 2.35. The highest BCUT2D eigenvalue weighted by molar-refractivity contribution is 5.36. The van der Waals surface area contributed by atoms with Crippen LogP contribution >= 0.6 is 0 Å². The number of ether oxygens (including phenoxy) is 1. The number of aliphatic hydroxyl groups excluding tert-OH is 2. The summed E-state index contributed by atoms with van der Waals surface area (Å²) in [6.45, 7) is 0. The SMILES string of the molecule is OC1CCC(c2ccc(Oc3ccc(C4CCC(O)CC4)cc3)cc2)CC1. The Morgan fingerprint density at radius 3 is 1.19 bits per heavy atom. The molecular weight excluding hydrogens is 336 g/mol. The number of rotatable bonds is 4. The summed E-state index contributed by atoms with van der Waals surface area (Å²) in [5.41, 5.74) is 2.70. The van der Waals surface area contributed by atoms with Crippen molar-refractivity contribution in [3.8, 4) is 11.5 Å². The molecule has 0 atom stereocenters. The van der Waals surface area contributed by atoms with Gasteiger partial charge >= 0.3 is 0 Å². The van der Waals surface area contributed by atoms with E-state index < -0.39 is 0 Å². The number of hydrogen-bond acceptors (Lipinski definition) is 3. The molecule has 2 aliphatic rings. The van der Waals surface area contributed by atoms with Crippen molar-refractivity contribution < 1.29 is 14.9 Å². The van der Waals surface area contributed by atoms with E-state index in [0.717, 1.165) is 62.9 Å². The monoisotopic (exact) mass is 366 g/mol. The molecule has 2 aliphatic carbocycles. The molecule has 27 heavy (non-hydrogen) atoms. The Morgan fingerprint density at radius 1 is 0.519 bits per heavy atom. The van der Waals surface area contributed by atoms with Crippen molar-refractivity contribution in [2.75, 3.05) is 0 Å². The molecule has 144 valence electrons. The average molecular weight is 367 g/mol. The van der Waals surface area contributed by atoms with Crippen molar-refractivity contribution in [2.24, 2.45) is 0 Å². The largest absolute Gasteiger partial charge is 0.457 e. The third kappa shape index (κ3) is 4.72. The van der Waals surface area contributed by atoms with Crippen LogP contribution < -0.4 is 4.74 Å². The van der Waals surface area contributed by atoms with E-state index in [-0.39, 0.29) is 12.2 Å². The molecular formula is C24H30O3. The predicted octanol–water partition coefficient (Wildman–Crippen LogP) is 5.52. The van der Waals surface area contributed by atoms with Crippen molar-refractivity contribution in [2.45, 2.75) is 75.4 Å². The fourth-order valence-corrected chi connectivity index (χ4v) is 4.57. The van der Waals surface area contributed by atoms with E-state index in [0.29, 0.717) is 11.8 Å². The predicted molar refractivity (Wildman–Crippen MR) is 107 cm³/mol. The number of hydrogen-bond donors (Lipinski definition) is 2. The van der Waals surface area contributed by atoms with Gasteiger partial charge in [-0.2, -0.15) is 0 Å². The van der Waals surface area contributed by atoms with Gasteiger partial charge in [-0.05, 0) is 98.6 Å². The van der Waals surface area contributed by atoms with Crippen LogP contribution in [0.2, 0.25) is 0 Å². The smallest absolute Gasteiger partial charge is 0.127 e. The lowest BCUT2D eigenvalue weighted by atomic mass is 9.83. The lowest BCUT2D eigenvalue weighted by Gasteiger charge is -2.26. The van der Waals surface area contributed by atoms with E-state index in [1.54, 1.807) is 0 Å². The van der Waals surface area contributed by atoms with Crippen LogP contribution in [0.15, 0.2) is 48.5 Å². The van der Waals surface area contributed by atoms with Gasteiger partial charge in [-0.3, -0.25) is 0 Å². The topological polar surface area (TPSA) is 49.7 Å². The van der Waals surface area contributed by atoms with E-state index in [4.69, 9.17) is 4.74 Å². The van der Waals surface area contributed by atoms with Crippen LogP contribution in [0.3, 0.4) is 0 Å². The first-order chi connectivity index (χ1) is 13.2. The lowest BCUT2D eigenvalue weighted by molar-refractivity contribution is 0.122. The van der Waals surface area contributed by atoms with Crippen LogP contribution in [0.5, 0.6) is 11.5 Å². The van der Waals surface area contributed by atoms with Gasteiger partial charge in [0.2, 0.25) is 0 Å². The minimum atomic E-state index is -0.106. The summed E-state index contributed by atoms with van der Waals surface area (Å²) in [6, 6.07) is 16.9. The van der Waals surface area contributed by atoms with Crippen molar-refractivity contribution in [3.63, 3.8) is 0 Å². The highest BCUT2D eigenvalue weighted by atomic mass is 16.5. The molecule has 2 N–H and O–H groups in total. The van der Waals surface area contributed by atoms with Crippen LogP contribution in [-0.4, -0.2) is 22.4 Å². The molecule has 0 amide bonds. The maximum Gasteiger partial charge on any atom is 0.127 e. The molecule has 2 fully saturated rings. The van der Waals surface area contributed by atoms with Crippen molar-refractivity contribution in [1.29, 1.82) is 0 Å². The summed E-state index contributed by atoms with van der Waals surface area (Å²) in [5.74, 6) is 2.86. The van der Waals surface area contributed by atoms with Gasteiger partial charge in [0.05, 0.1) is 12.2 Å². The third-order valence-corrected chi connectivity index (χ3v) is 6.33. The van der Waals surface area contributed by atoms with Crippen molar-refractivity contribution in [1.82, 2.24) is 0 Å². The van der Waals surface area contributed by atoms with Gasteiger partial charge < -0.3 is 14.9 Å². The Balaban J connectivity index is 1.35. The third-order valence-electron chi connectivity index (χ3n) is 6.33. The minimum absolute atomic E-state index is 0.106. The van der Waals surface area contributed by atoms with Gasteiger partial charge in [-0.25, -0.2) is 0 Å². The van der Waals surface area contributed by atoms with Gasteiger partial charge in [-0.15, -0.1) is 0 Å². The molecule has 2 saturated carbocycles. The standard InChI is InChI=1S/C24H30O3/c25-21-9-1-17(2-10-21)19-5-13-23(14-6-19)27-24-15-7-20(8-16-24)18-3-11-22(26)12-4-18/h5-8,13-18,21-22,25-26H,1-4,9-12H2. The average Bonchev–Trinajstić information content (AvgIpc) is 2.71. The maximum atomic E-state index is 9.67. The molecule has 2 aromatic rings. The maximum absolute atomic E-state index is 9.67. The second-order valence-electron chi connectivity index (χ2n) is 8.25. The van der Waals surface area contributed by atoms with Gasteiger partial charge in [0.1, 0.15) is 11.5 Å². The molecule has 0 aromatic heterocycles. The second kappa shape index (κ2) is 8.45. The molecule has 0 bridgehead atoms. The minimum Gasteiger partial charge on any atom is -0.457 e. The van der Waals surface area contributed by atoms with Gasteiger partial charge in [0, 0.05) is 0 Å². The Morgan fingerprint density at radius 2 is 0.852 bits per heavy atom. The Hall–Kier alpha value is -1.84. The summed E-state index contributed by atoms with van der Waals surface area (Å²) in [4.78, 5) is 0.